The van der Waals surface area contributed by atoms with Crippen molar-refractivity contribution in [2.75, 3.05) is 33.4 Å². The maximum absolute atomic E-state index is 13.0. The van der Waals surface area contributed by atoms with Crippen LogP contribution in [0.1, 0.15) is 42.5 Å². The molecule has 1 aromatic rings. The first kappa shape index (κ1) is 19.1. The van der Waals surface area contributed by atoms with Gasteiger partial charge in [0.25, 0.3) is 5.91 Å². The van der Waals surface area contributed by atoms with E-state index in [0.717, 1.165) is 38.7 Å². The van der Waals surface area contributed by atoms with E-state index in [4.69, 9.17) is 9.47 Å². The van der Waals surface area contributed by atoms with Crippen molar-refractivity contribution < 1.29 is 22.7 Å². The number of nitrogens with one attached hydrogen (secondary N) is 1. The molecule has 8 heteroatoms. The second-order valence-corrected chi connectivity index (χ2v) is 8.58. The van der Waals surface area contributed by atoms with Crippen molar-refractivity contribution in [2.24, 2.45) is 0 Å². The predicted molar refractivity (Wildman–Crippen MR) is 96.9 cm³/mol. The average molecular weight is 382 g/mol. The Kier molecular flexibility index (Phi) is 6.16. The number of hydrogen-bond acceptors (Lipinski definition) is 5. The maximum Gasteiger partial charge on any atom is 0.251 e. The molecule has 0 aliphatic carbocycles. The van der Waals surface area contributed by atoms with Crippen molar-refractivity contribution >= 4 is 15.9 Å². The summed E-state index contributed by atoms with van der Waals surface area (Å²) in [5.41, 5.74) is 0.305. The normalized spacial score (nSPS) is 21.5. The zero-order valence-corrected chi connectivity index (χ0v) is 15.9. The second kappa shape index (κ2) is 8.37. The lowest BCUT2D eigenvalue weighted by molar-refractivity contribution is 0.0857. The number of sulfonamides is 1. The minimum Gasteiger partial charge on any atom is -0.495 e. The molecule has 2 saturated heterocycles. The quantitative estimate of drug-likeness (QED) is 0.811. The highest BCUT2D eigenvalue weighted by atomic mass is 32.2. The minimum atomic E-state index is -3.69. The first-order chi connectivity index (χ1) is 12.5. The van der Waals surface area contributed by atoms with Crippen LogP contribution in [0.4, 0.5) is 0 Å². The number of carbonyl (C=O) groups excluding carboxylic acids is 1. The fourth-order valence-corrected chi connectivity index (χ4v) is 5.08. The molecule has 0 bridgehead atoms. The highest BCUT2D eigenvalue weighted by Crippen LogP contribution is 2.29. The van der Waals surface area contributed by atoms with E-state index in [1.54, 1.807) is 6.07 Å². The Labute approximate surface area is 154 Å². The highest BCUT2D eigenvalue weighted by molar-refractivity contribution is 7.89. The van der Waals surface area contributed by atoms with E-state index in [-0.39, 0.29) is 22.7 Å². The van der Waals surface area contributed by atoms with Crippen molar-refractivity contribution in [1.29, 1.82) is 0 Å². The molecule has 1 N–H and O–H groups in total. The third-order valence-electron chi connectivity index (χ3n) is 4.87. The van der Waals surface area contributed by atoms with Crippen LogP contribution in [0.2, 0.25) is 0 Å². The van der Waals surface area contributed by atoms with Gasteiger partial charge in [0.1, 0.15) is 10.6 Å². The summed E-state index contributed by atoms with van der Waals surface area (Å²) in [6.07, 6.45) is 4.70. The van der Waals surface area contributed by atoms with Crippen molar-refractivity contribution in [3.05, 3.63) is 23.8 Å². The summed E-state index contributed by atoms with van der Waals surface area (Å²) in [5.74, 6) is -0.0514. The highest BCUT2D eigenvalue weighted by Gasteiger charge is 2.29. The zero-order valence-electron chi connectivity index (χ0n) is 15.1. The van der Waals surface area contributed by atoms with Gasteiger partial charge in [0, 0.05) is 31.8 Å². The summed E-state index contributed by atoms with van der Waals surface area (Å²) >= 11 is 0. The zero-order chi connectivity index (χ0) is 18.6. The van der Waals surface area contributed by atoms with Crippen molar-refractivity contribution in [3.63, 3.8) is 0 Å². The summed E-state index contributed by atoms with van der Waals surface area (Å²) in [4.78, 5) is 12.5. The van der Waals surface area contributed by atoms with Gasteiger partial charge in [-0.15, -0.1) is 0 Å². The first-order valence-corrected chi connectivity index (χ1v) is 10.5. The average Bonchev–Trinajstić information content (AvgIpc) is 3.20. The SMILES string of the molecule is COc1ccc(C(=O)NC[C@@H]2CCCO2)cc1S(=O)(=O)N1CCCCC1. The largest absolute Gasteiger partial charge is 0.495 e. The number of carbonyl (C=O) groups is 1. The summed E-state index contributed by atoms with van der Waals surface area (Å²) in [6, 6.07) is 4.53. The van der Waals surface area contributed by atoms with Gasteiger partial charge in [-0.2, -0.15) is 4.31 Å². The molecule has 1 amide bonds. The van der Waals surface area contributed by atoms with E-state index in [2.05, 4.69) is 5.32 Å². The third-order valence-corrected chi connectivity index (χ3v) is 6.79. The molecule has 144 valence electrons. The first-order valence-electron chi connectivity index (χ1n) is 9.10. The van der Waals surface area contributed by atoms with Crippen molar-refractivity contribution in [3.8, 4) is 5.75 Å². The lowest BCUT2D eigenvalue weighted by atomic mass is 10.2. The standard InChI is InChI=1S/C18H26N2O5S/c1-24-16-8-7-14(18(21)19-13-15-6-5-11-25-15)12-17(16)26(22,23)20-9-3-2-4-10-20/h7-8,12,15H,2-6,9-11,13H2,1H3,(H,19,21)/t15-/m0/s1. The molecular formula is C18H26N2O5S. The molecular weight excluding hydrogens is 356 g/mol. The fourth-order valence-electron chi connectivity index (χ4n) is 3.38. The van der Waals surface area contributed by atoms with Gasteiger partial charge in [0.15, 0.2) is 0 Å². The molecule has 1 atom stereocenters. The molecule has 1 aromatic carbocycles. The van der Waals surface area contributed by atoms with Gasteiger partial charge in [0.05, 0.1) is 13.2 Å². The number of piperidine rings is 1. The number of nitrogens with zero attached hydrogens (tertiary/aromatic N) is 1. The minimum absolute atomic E-state index is 0.0359. The van der Waals surface area contributed by atoms with Crippen LogP contribution < -0.4 is 10.1 Å². The molecule has 2 aliphatic rings. The van der Waals surface area contributed by atoms with Crippen LogP contribution in [-0.2, 0) is 14.8 Å². The van der Waals surface area contributed by atoms with Gasteiger partial charge >= 0.3 is 0 Å². The Morgan fingerprint density at radius 1 is 1.27 bits per heavy atom. The molecule has 3 rings (SSSR count). The van der Waals surface area contributed by atoms with Gasteiger partial charge in [-0.3, -0.25) is 4.79 Å². The van der Waals surface area contributed by atoms with Gasteiger partial charge in [-0.25, -0.2) is 8.42 Å². The number of methoxy groups -OCH3 is 1. The van der Waals surface area contributed by atoms with E-state index in [1.807, 2.05) is 0 Å². The maximum atomic E-state index is 13.0. The van der Waals surface area contributed by atoms with E-state index in [1.165, 1.54) is 23.5 Å². The lowest BCUT2D eigenvalue weighted by Gasteiger charge is -2.26. The number of rotatable bonds is 6. The van der Waals surface area contributed by atoms with Gasteiger partial charge < -0.3 is 14.8 Å². The monoisotopic (exact) mass is 382 g/mol. The molecule has 0 saturated carbocycles. The Bertz CT molecular complexity index is 738. The predicted octanol–water partition coefficient (Wildman–Crippen LogP) is 1.78. The molecule has 2 aliphatic heterocycles. The van der Waals surface area contributed by atoms with Crippen LogP contribution in [0.5, 0.6) is 5.75 Å². The van der Waals surface area contributed by atoms with Gasteiger partial charge in [0.2, 0.25) is 10.0 Å². The van der Waals surface area contributed by atoms with Crippen molar-refractivity contribution in [1.82, 2.24) is 9.62 Å². The van der Waals surface area contributed by atoms with Crippen LogP contribution >= 0.6 is 0 Å². The summed E-state index contributed by atoms with van der Waals surface area (Å²) < 4.78 is 38.2. The molecule has 2 heterocycles. The Morgan fingerprint density at radius 2 is 2.04 bits per heavy atom. The smallest absolute Gasteiger partial charge is 0.251 e. The number of hydrogen-bond donors (Lipinski definition) is 1. The van der Waals surface area contributed by atoms with Crippen LogP contribution in [0.15, 0.2) is 23.1 Å². The molecule has 0 radical (unpaired) electrons. The molecule has 0 aromatic heterocycles. The number of benzene rings is 1. The number of ether oxygens (including phenoxy) is 2. The molecule has 2 fully saturated rings. The van der Waals surface area contributed by atoms with E-state index in [0.29, 0.717) is 25.2 Å². The van der Waals surface area contributed by atoms with Crippen LogP contribution in [-0.4, -0.2) is 58.1 Å². The van der Waals surface area contributed by atoms with E-state index in [9.17, 15) is 13.2 Å². The fraction of sp³-hybridized carbons (Fsp3) is 0.611. The summed E-state index contributed by atoms with van der Waals surface area (Å²) in [6.45, 7) is 2.15. The van der Waals surface area contributed by atoms with Gasteiger partial charge in [-0.1, -0.05) is 6.42 Å². The molecule has 7 nitrogen and oxygen atoms in total. The Balaban J connectivity index is 1.80. The van der Waals surface area contributed by atoms with Gasteiger partial charge in [-0.05, 0) is 43.9 Å². The second-order valence-electron chi connectivity index (χ2n) is 6.68. The lowest BCUT2D eigenvalue weighted by Crippen LogP contribution is -2.36. The van der Waals surface area contributed by atoms with E-state index >= 15 is 0 Å². The molecule has 26 heavy (non-hydrogen) atoms. The molecule has 0 unspecified atom stereocenters. The van der Waals surface area contributed by atoms with Crippen LogP contribution in [0, 0.1) is 0 Å². The number of amides is 1. The van der Waals surface area contributed by atoms with Crippen molar-refractivity contribution in [2.45, 2.75) is 43.1 Å². The summed E-state index contributed by atoms with van der Waals surface area (Å²) in [7, 11) is -2.26. The molecule has 0 spiro atoms. The Morgan fingerprint density at radius 3 is 2.69 bits per heavy atom. The van der Waals surface area contributed by atoms with E-state index < -0.39 is 10.0 Å². The topological polar surface area (TPSA) is 84.9 Å². The Hall–Kier alpha value is -1.64. The third kappa shape index (κ3) is 4.19. The van der Waals surface area contributed by atoms with Crippen LogP contribution in [0.25, 0.3) is 0 Å². The summed E-state index contributed by atoms with van der Waals surface area (Å²) in [5, 5.41) is 2.82. The van der Waals surface area contributed by atoms with Crippen LogP contribution in [0.3, 0.4) is 0 Å².